The molecule has 152 valence electrons. The lowest BCUT2D eigenvalue weighted by atomic mass is 10.0. The molecular weight excluding hydrogens is 380 g/mol. The van der Waals surface area contributed by atoms with E-state index in [0.29, 0.717) is 17.8 Å². The van der Waals surface area contributed by atoms with Crippen LogP contribution in [0.15, 0.2) is 78.9 Å². The van der Waals surface area contributed by atoms with Gasteiger partial charge in [0.1, 0.15) is 0 Å². The normalized spacial score (nSPS) is 10.2. The third kappa shape index (κ3) is 6.04. The van der Waals surface area contributed by atoms with Crippen molar-refractivity contribution in [1.82, 2.24) is 0 Å². The molecule has 6 nitrogen and oxygen atoms in total. The molecule has 0 saturated heterocycles. The van der Waals surface area contributed by atoms with Crippen molar-refractivity contribution < 1.29 is 19.1 Å². The maximum Gasteiger partial charge on any atom is 0.338 e. The van der Waals surface area contributed by atoms with Gasteiger partial charge in [0.05, 0.1) is 5.56 Å². The molecule has 0 aliphatic rings. The minimum absolute atomic E-state index is 0.242. The predicted octanol–water partition coefficient (Wildman–Crippen LogP) is 4.03. The molecule has 0 fully saturated rings. The molecule has 0 bridgehead atoms. The van der Waals surface area contributed by atoms with Crippen LogP contribution in [0.4, 0.5) is 11.4 Å². The van der Waals surface area contributed by atoms with Gasteiger partial charge in [-0.1, -0.05) is 54.6 Å². The van der Waals surface area contributed by atoms with Gasteiger partial charge in [-0.2, -0.15) is 0 Å². The number of esters is 1. The van der Waals surface area contributed by atoms with Gasteiger partial charge in [0.25, 0.3) is 5.91 Å². The number of nitrogens with one attached hydrogen (secondary N) is 2. The number of hydrogen-bond donors (Lipinski definition) is 2. The number of benzene rings is 3. The molecule has 0 aliphatic heterocycles. The molecule has 6 heteroatoms. The van der Waals surface area contributed by atoms with E-state index in [0.717, 1.165) is 11.1 Å². The molecule has 0 saturated carbocycles. The van der Waals surface area contributed by atoms with Crippen molar-refractivity contribution in [2.24, 2.45) is 0 Å². The van der Waals surface area contributed by atoms with E-state index in [1.165, 1.54) is 13.0 Å². The van der Waals surface area contributed by atoms with Crippen LogP contribution in [0, 0.1) is 0 Å². The molecule has 0 atom stereocenters. The molecule has 3 rings (SSSR count). The van der Waals surface area contributed by atoms with E-state index in [2.05, 4.69) is 10.6 Å². The summed E-state index contributed by atoms with van der Waals surface area (Å²) in [4.78, 5) is 35.7. The first-order valence-corrected chi connectivity index (χ1v) is 9.48. The summed E-state index contributed by atoms with van der Waals surface area (Å²) in [7, 11) is 0. The van der Waals surface area contributed by atoms with Crippen LogP contribution in [-0.2, 0) is 20.7 Å². The monoisotopic (exact) mass is 402 g/mol. The SMILES string of the molecule is CC(=O)Nc1cccc(C(=O)OCC(=O)Nc2ccccc2Cc2ccccc2)c1. The Hall–Kier alpha value is -3.93. The van der Waals surface area contributed by atoms with Crippen molar-refractivity contribution in [3.05, 3.63) is 95.6 Å². The largest absolute Gasteiger partial charge is 0.452 e. The van der Waals surface area contributed by atoms with E-state index < -0.39 is 18.5 Å². The summed E-state index contributed by atoms with van der Waals surface area (Å²) in [6.07, 6.45) is 0.674. The number of carbonyl (C=O) groups excluding carboxylic acids is 3. The topological polar surface area (TPSA) is 84.5 Å². The average molecular weight is 402 g/mol. The van der Waals surface area contributed by atoms with Crippen LogP contribution in [-0.4, -0.2) is 24.4 Å². The Morgan fingerprint density at radius 3 is 2.33 bits per heavy atom. The number of rotatable bonds is 7. The third-order valence-electron chi connectivity index (χ3n) is 4.28. The molecule has 0 unspecified atom stereocenters. The highest BCUT2D eigenvalue weighted by Gasteiger charge is 2.13. The van der Waals surface area contributed by atoms with Gasteiger partial charge in [0, 0.05) is 18.3 Å². The van der Waals surface area contributed by atoms with E-state index in [4.69, 9.17) is 4.74 Å². The Morgan fingerprint density at radius 1 is 0.833 bits per heavy atom. The fourth-order valence-electron chi connectivity index (χ4n) is 2.94. The minimum atomic E-state index is -0.644. The van der Waals surface area contributed by atoms with Gasteiger partial charge in [-0.25, -0.2) is 4.79 Å². The zero-order valence-corrected chi connectivity index (χ0v) is 16.6. The number of anilines is 2. The van der Waals surface area contributed by atoms with Crippen LogP contribution in [0.1, 0.15) is 28.4 Å². The number of amides is 2. The summed E-state index contributed by atoms with van der Waals surface area (Å²) >= 11 is 0. The van der Waals surface area contributed by atoms with Gasteiger partial charge < -0.3 is 15.4 Å². The minimum Gasteiger partial charge on any atom is -0.452 e. The zero-order chi connectivity index (χ0) is 21.3. The fraction of sp³-hybridized carbons (Fsp3) is 0.125. The number of para-hydroxylation sites is 1. The number of ether oxygens (including phenoxy) is 1. The maximum atomic E-state index is 12.3. The highest BCUT2D eigenvalue weighted by molar-refractivity contribution is 5.97. The number of carbonyl (C=O) groups is 3. The molecule has 0 aliphatic carbocycles. The first kappa shape index (κ1) is 20.8. The number of hydrogen-bond acceptors (Lipinski definition) is 4. The Balaban J connectivity index is 1.59. The summed E-state index contributed by atoms with van der Waals surface area (Å²) in [6.45, 7) is 0.966. The van der Waals surface area contributed by atoms with E-state index >= 15 is 0 Å². The van der Waals surface area contributed by atoms with Crippen molar-refractivity contribution in [3.8, 4) is 0 Å². The lowest BCUT2D eigenvalue weighted by Gasteiger charge is -2.12. The van der Waals surface area contributed by atoms with Gasteiger partial charge in [0.2, 0.25) is 5.91 Å². The first-order chi connectivity index (χ1) is 14.5. The Morgan fingerprint density at radius 2 is 1.57 bits per heavy atom. The van der Waals surface area contributed by atoms with Gasteiger partial charge >= 0.3 is 5.97 Å². The van der Waals surface area contributed by atoms with Crippen LogP contribution >= 0.6 is 0 Å². The summed E-state index contributed by atoms with van der Waals surface area (Å²) in [5.41, 5.74) is 3.50. The van der Waals surface area contributed by atoms with Crippen LogP contribution in [0.3, 0.4) is 0 Å². The van der Waals surface area contributed by atoms with Crippen LogP contribution in [0.25, 0.3) is 0 Å². The van der Waals surface area contributed by atoms with Crippen molar-refractivity contribution >= 4 is 29.2 Å². The lowest BCUT2D eigenvalue weighted by Crippen LogP contribution is -2.21. The van der Waals surface area contributed by atoms with Gasteiger partial charge in [-0.05, 0) is 41.8 Å². The standard InChI is InChI=1S/C24H22N2O4/c1-17(27)25-21-12-7-11-20(15-21)24(29)30-16-23(28)26-22-13-6-5-10-19(22)14-18-8-3-2-4-9-18/h2-13,15H,14,16H2,1H3,(H,25,27)(H,26,28). The molecule has 2 amide bonds. The average Bonchev–Trinajstić information content (AvgIpc) is 2.74. The quantitative estimate of drug-likeness (QED) is 0.585. The van der Waals surface area contributed by atoms with Gasteiger partial charge in [-0.15, -0.1) is 0 Å². The molecule has 0 radical (unpaired) electrons. The van der Waals surface area contributed by atoms with Gasteiger partial charge in [0.15, 0.2) is 6.61 Å². The third-order valence-corrected chi connectivity index (χ3v) is 4.28. The molecule has 3 aromatic carbocycles. The summed E-state index contributed by atoms with van der Waals surface area (Å²) in [5, 5.41) is 5.40. The fourth-order valence-corrected chi connectivity index (χ4v) is 2.94. The second-order valence-electron chi connectivity index (χ2n) is 6.71. The Kier molecular flexibility index (Phi) is 6.95. The highest BCUT2D eigenvalue weighted by atomic mass is 16.5. The molecule has 30 heavy (non-hydrogen) atoms. The van der Waals surface area contributed by atoms with Crippen molar-refractivity contribution in [2.75, 3.05) is 17.2 Å². The first-order valence-electron chi connectivity index (χ1n) is 9.48. The van der Waals surface area contributed by atoms with E-state index in [1.54, 1.807) is 18.2 Å². The highest BCUT2D eigenvalue weighted by Crippen LogP contribution is 2.19. The smallest absolute Gasteiger partial charge is 0.338 e. The van der Waals surface area contributed by atoms with Crippen LogP contribution in [0.2, 0.25) is 0 Å². The van der Waals surface area contributed by atoms with Crippen LogP contribution in [0.5, 0.6) is 0 Å². The van der Waals surface area contributed by atoms with Gasteiger partial charge in [-0.3, -0.25) is 9.59 Å². The van der Waals surface area contributed by atoms with E-state index in [9.17, 15) is 14.4 Å². The summed E-state index contributed by atoms with van der Waals surface area (Å²) in [5.74, 6) is -1.31. The zero-order valence-electron chi connectivity index (χ0n) is 16.6. The molecule has 0 aromatic heterocycles. The summed E-state index contributed by atoms with van der Waals surface area (Å²) in [6, 6.07) is 23.8. The maximum absolute atomic E-state index is 12.3. The molecule has 2 N–H and O–H groups in total. The van der Waals surface area contributed by atoms with Crippen LogP contribution < -0.4 is 10.6 Å². The Labute approximate surface area is 174 Å². The Bertz CT molecular complexity index is 1050. The molecular formula is C24H22N2O4. The van der Waals surface area contributed by atoms with E-state index in [1.807, 2.05) is 54.6 Å². The molecule has 0 spiro atoms. The predicted molar refractivity (Wildman–Crippen MR) is 115 cm³/mol. The van der Waals surface area contributed by atoms with Crippen molar-refractivity contribution in [1.29, 1.82) is 0 Å². The second-order valence-corrected chi connectivity index (χ2v) is 6.71. The summed E-state index contributed by atoms with van der Waals surface area (Å²) < 4.78 is 5.12. The lowest BCUT2D eigenvalue weighted by molar-refractivity contribution is -0.119. The van der Waals surface area contributed by atoms with E-state index in [-0.39, 0.29) is 11.5 Å². The molecule has 0 heterocycles. The molecule has 3 aromatic rings. The second kappa shape index (κ2) is 10.0. The van der Waals surface area contributed by atoms with Crippen molar-refractivity contribution in [2.45, 2.75) is 13.3 Å². The van der Waals surface area contributed by atoms with Crippen molar-refractivity contribution in [3.63, 3.8) is 0 Å².